The minimum absolute atomic E-state index is 0.519. The Morgan fingerprint density at radius 1 is 1.43 bits per heavy atom. The maximum absolute atomic E-state index is 11.2. The number of hydrogen-bond donors (Lipinski definition) is 1. The Morgan fingerprint density at radius 2 is 2.00 bits per heavy atom. The van der Waals surface area contributed by atoms with Crippen LogP contribution in [0.3, 0.4) is 0 Å². The van der Waals surface area contributed by atoms with Crippen molar-refractivity contribution < 1.29 is 19.4 Å². The van der Waals surface area contributed by atoms with Gasteiger partial charge in [-0.15, -0.1) is 0 Å². The van der Waals surface area contributed by atoms with Gasteiger partial charge in [-0.25, -0.2) is 4.79 Å². The minimum Gasteiger partial charge on any atom is -0.437 e. The lowest BCUT2D eigenvalue weighted by molar-refractivity contribution is -0.176. The van der Waals surface area contributed by atoms with Gasteiger partial charge in [0.05, 0.1) is 0 Å². The zero-order valence-electron chi connectivity index (χ0n) is 9.37. The Labute approximate surface area is 85.2 Å². The van der Waals surface area contributed by atoms with Crippen LogP contribution in [0.15, 0.2) is 0 Å². The molecule has 0 rings (SSSR count). The van der Waals surface area contributed by atoms with E-state index in [-0.39, 0.29) is 0 Å². The number of carbonyl (C=O) groups excluding carboxylic acids is 1. The SMILES string of the molecule is CC(C)CCOC(C)(C)C(=O)OCO. The molecule has 0 spiro atoms. The summed E-state index contributed by atoms with van der Waals surface area (Å²) >= 11 is 0. The van der Waals surface area contributed by atoms with Crippen molar-refractivity contribution in [1.29, 1.82) is 0 Å². The van der Waals surface area contributed by atoms with E-state index in [4.69, 9.17) is 9.84 Å². The van der Waals surface area contributed by atoms with E-state index < -0.39 is 18.4 Å². The highest BCUT2D eigenvalue weighted by Gasteiger charge is 2.30. The molecular formula is C10H20O4. The maximum atomic E-state index is 11.2. The lowest BCUT2D eigenvalue weighted by Gasteiger charge is -2.22. The number of ether oxygens (including phenoxy) is 2. The summed E-state index contributed by atoms with van der Waals surface area (Å²) in [5.41, 5.74) is -0.975. The summed E-state index contributed by atoms with van der Waals surface area (Å²) < 4.78 is 9.82. The van der Waals surface area contributed by atoms with Crippen molar-refractivity contribution in [1.82, 2.24) is 0 Å². The van der Waals surface area contributed by atoms with Crippen molar-refractivity contribution in [2.45, 2.75) is 39.7 Å². The molecule has 0 aliphatic rings. The minimum atomic E-state index is -0.975. The summed E-state index contributed by atoms with van der Waals surface area (Å²) in [7, 11) is 0. The molecule has 0 atom stereocenters. The van der Waals surface area contributed by atoms with E-state index in [1.54, 1.807) is 13.8 Å². The maximum Gasteiger partial charge on any atom is 0.339 e. The van der Waals surface area contributed by atoms with Gasteiger partial charge in [0.2, 0.25) is 0 Å². The quantitative estimate of drug-likeness (QED) is 0.523. The van der Waals surface area contributed by atoms with Crippen molar-refractivity contribution in [3.05, 3.63) is 0 Å². The Kier molecular flexibility index (Phi) is 5.72. The third-order valence-electron chi connectivity index (χ3n) is 1.85. The molecule has 0 aliphatic heterocycles. The van der Waals surface area contributed by atoms with E-state index in [9.17, 15) is 4.79 Å². The van der Waals surface area contributed by atoms with Crippen LogP contribution in [0.5, 0.6) is 0 Å². The molecule has 14 heavy (non-hydrogen) atoms. The van der Waals surface area contributed by atoms with E-state index in [1.165, 1.54) is 0 Å². The molecule has 0 aliphatic carbocycles. The highest BCUT2D eigenvalue weighted by Crippen LogP contribution is 2.13. The number of aliphatic hydroxyl groups is 1. The first-order valence-corrected chi connectivity index (χ1v) is 4.82. The van der Waals surface area contributed by atoms with E-state index >= 15 is 0 Å². The zero-order valence-corrected chi connectivity index (χ0v) is 9.37. The molecule has 4 heteroatoms. The van der Waals surface area contributed by atoms with Crippen molar-refractivity contribution in [2.75, 3.05) is 13.4 Å². The summed E-state index contributed by atoms with van der Waals surface area (Å²) in [4.78, 5) is 11.2. The zero-order chi connectivity index (χ0) is 11.2. The molecule has 0 aromatic rings. The van der Waals surface area contributed by atoms with Crippen molar-refractivity contribution in [3.8, 4) is 0 Å². The van der Waals surface area contributed by atoms with E-state index in [1.807, 2.05) is 0 Å². The van der Waals surface area contributed by atoms with Gasteiger partial charge in [-0.05, 0) is 26.2 Å². The van der Waals surface area contributed by atoms with Gasteiger partial charge in [-0.1, -0.05) is 13.8 Å². The van der Waals surface area contributed by atoms with Crippen LogP contribution in [0.2, 0.25) is 0 Å². The second kappa shape index (κ2) is 5.98. The average molecular weight is 204 g/mol. The van der Waals surface area contributed by atoms with Gasteiger partial charge >= 0.3 is 5.97 Å². The fourth-order valence-corrected chi connectivity index (χ4v) is 0.841. The van der Waals surface area contributed by atoms with Crippen LogP contribution in [-0.2, 0) is 14.3 Å². The van der Waals surface area contributed by atoms with Gasteiger partial charge in [0.25, 0.3) is 0 Å². The monoisotopic (exact) mass is 204 g/mol. The molecule has 0 saturated heterocycles. The van der Waals surface area contributed by atoms with Crippen LogP contribution in [-0.4, -0.2) is 30.1 Å². The van der Waals surface area contributed by atoms with Crippen LogP contribution in [0.25, 0.3) is 0 Å². The Hall–Kier alpha value is -0.610. The highest BCUT2D eigenvalue weighted by atomic mass is 16.6. The van der Waals surface area contributed by atoms with Crippen LogP contribution in [0, 0.1) is 5.92 Å². The lowest BCUT2D eigenvalue weighted by atomic mass is 10.1. The van der Waals surface area contributed by atoms with Gasteiger partial charge < -0.3 is 14.6 Å². The average Bonchev–Trinajstić information content (AvgIpc) is 2.03. The predicted molar refractivity (Wildman–Crippen MR) is 52.7 cm³/mol. The fourth-order valence-electron chi connectivity index (χ4n) is 0.841. The van der Waals surface area contributed by atoms with Crippen molar-refractivity contribution >= 4 is 5.97 Å². The molecule has 0 heterocycles. The molecule has 0 amide bonds. The third-order valence-corrected chi connectivity index (χ3v) is 1.85. The second-order valence-electron chi connectivity index (χ2n) is 4.10. The fraction of sp³-hybridized carbons (Fsp3) is 0.900. The molecule has 4 nitrogen and oxygen atoms in total. The molecule has 0 aromatic heterocycles. The molecule has 84 valence electrons. The molecular weight excluding hydrogens is 184 g/mol. The van der Waals surface area contributed by atoms with Crippen LogP contribution in [0.4, 0.5) is 0 Å². The van der Waals surface area contributed by atoms with Crippen LogP contribution >= 0.6 is 0 Å². The van der Waals surface area contributed by atoms with Crippen LogP contribution < -0.4 is 0 Å². The first-order valence-electron chi connectivity index (χ1n) is 4.82. The van der Waals surface area contributed by atoms with E-state index in [2.05, 4.69) is 18.6 Å². The highest BCUT2D eigenvalue weighted by molar-refractivity contribution is 5.78. The number of hydrogen-bond acceptors (Lipinski definition) is 4. The molecule has 1 N–H and O–H groups in total. The first-order chi connectivity index (χ1) is 6.40. The molecule has 0 radical (unpaired) electrons. The van der Waals surface area contributed by atoms with Gasteiger partial charge in [-0.3, -0.25) is 0 Å². The largest absolute Gasteiger partial charge is 0.437 e. The first kappa shape index (κ1) is 13.4. The predicted octanol–water partition coefficient (Wildman–Crippen LogP) is 1.32. The topological polar surface area (TPSA) is 55.8 Å². The van der Waals surface area contributed by atoms with Gasteiger partial charge in [0, 0.05) is 6.61 Å². The normalized spacial score (nSPS) is 11.9. The summed E-state index contributed by atoms with van der Waals surface area (Å²) in [6.07, 6.45) is 0.899. The second-order valence-corrected chi connectivity index (χ2v) is 4.10. The van der Waals surface area contributed by atoms with E-state index in [0.29, 0.717) is 12.5 Å². The van der Waals surface area contributed by atoms with Gasteiger partial charge in [-0.2, -0.15) is 0 Å². The Bertz CT molecular complexity index is 175. The molecule has 0 bridgehead atoms. The van der Waals surface area contributed by atoms with E-state index in [0.717, 1.165) is 6.42 Å². The number of aliphatic hydroxyl groups excluding tert-OH is 1. The summed E-state index contributed by atoms with van der Waals surface area (Å²) in [6, 6.07) is 0. The summed E-state index contributed by atoms with van der Waals surface area (Å²) in [5.74, 6) is 0.00317. The van der Waals surface area contributed by atoms with Crippen LogP contribution in [0.1, 0.15) is 34.1 Å². The Balaban J connectivity index is 3.87. The summed E-state index contributed by atoms with van der Waals surface area (Å²) in [5, 5.41) is 8.42. The number of rotatable bonds is 6. The third kappa shape index (κ3) is 5.19. The van der Waals surface area contributed by atoms with Gasteiger partial charge in [0.1, 0.15) is 0 Å². The number of carbonyl (C=O) groups is 1. The van der Waals surface area contributed by atoms with Crippen molar-refractivity contribution in [2.24, 2.45) is 5.92 Å². The molecule has 0 aromatic carbocycles. The standard InChI is InChI=1S/C10H20O4/c1-8(2)5-6-14-10(3,4)9(12)13-7-11/h8,11H,5-7H2,1-4H3. The lowest BCUT2D eigenvalue weighted by Crippen LogP contribution is -2.37. The van der Waals surface area contributed by atoms with Gasteiger partial charge in [0.15, 0.2) is 12.4 Å². The number of esters is 1. The molecule has 0 fully saturated rings. The van der Waals surface area contributed by atoms with Crippen molar-refractivity contribution in [3.63, 3.8) is 0 Å². The summed E-state index contributed by atoms with van der Waals surface area (Å²) in [6.45, 7) is 7.35. The Morgan fingerprint density at radius 3 is 2.43 bits per heavy atom. The molecule has 0 unspecified atom stereocenters. The smallest absolute Gasteiger partial charge is 0.339 e. The molecule has 0 saturated carbocycles.